The summed E-state index contributed by atoms with van der Waals surface area (Å²) >= 11 is 0. The number of carbonyl (C=O) groups is 3. The van der Waals surface area contributed by atoms with E-state index in [1.165, 1.54) is 24.1 Å². The van der Waals surface area contributed by atoms with Crippen LogP contribution in [0, 0.1) is 0 Å². The highest BCUT2D eigenvalue weighted by Crippen LogP contribution is 2.36. The zero-order chi connectivity index (χ0) is 23.7. The van der Waals surface area contributed by atoms with Gasteiger partial charge in [0.25, 0.3) is 15.9 Å². The Kier molecular flexibility index (Phi) is 6.27. The maximum absolute atomic E-state index is 13.1. The largest absolute Gasteiger partial charge is 0.497 e. The standard InChI is InChI=1S/C22H24N2O7S/c1-22(2)18-10-7-15(30-3)13-17(18)19(25)24(20(22)26)12-11-14-5-8-16(9-6-14)32(28,29)23-21(27)31-4/h5-10,13H,11-12H2,1-4H3,(H,23,27). The summed E-state index contributed by atoms with van der Waals surface area (Å²) in [5.74, 6) is -0.175. The number of fused-ring (bicyclic) bond motifs is 1. The van der Waals surface area contributed by atoms with Crippen molar-refractivity contribution >= 4 is 27.9 Å². The number of hydrogen-bond donors (Lipinski definition) is 1. The van der Waals surface area contributed by atoms with Crippen LogP contribution in [0.1, 0.15) is 35.3 Å². The highest BCUT2D eigenvalue weighted by atomic mass is 32.2. The first-order valence-corrected chi connectivity index (χ1v) is 11.2. The van der Waals surface area contributed by atoms with Crippen molar-refractivity contribution in [2.45, 2.75) is 30.6 Å². The average molecular weight is 461 g/mol. The Morgan fingerprint density at radius 2 is 1.72 bits per heavy atom. The van der Waals surface area contributed by atoms with Crippen molar-refractivity contribution in [1.29, 1.82) is 0 Å². The van der Waals surface area contributed by atoms with Crippen molar-refractivity contribution in [3.63, 3.8) is 0 Å². The van der Waals surface area contributed by atoms with E-state index in [2.05, 4.69) is 4.74 Å². The van der Waals surface area contributed by atoms with Gasteiger partial charge in [-0.3, -0.25) is 14.5 Å². The third kappa shape index (κ3) is 4.31. The molecule has 1 aliphatic heterocycles. The van der Waals surface area contributed by atoms with Gasteiger partial charge in [-0.15, -0.1) is 0 Å². The van der Waals surface area contributed by atoms with E-state index in [4.69, 9.17) is 4.74 Å². The van der Waals surface area contributed by atoms with Crippen molar-refractivity contribution in [2.75, 3.05) is 20.8 Å². The summed E-state index contributed by atoms with van der Waals surface area (Å²) in [6, 6.07) is 10.9. The van der Waals surface area contributed by atoms with Gasteiger partial charge in [-0.1, -0.05) is 18.2 Å². The molecule has 1 heterocycles. The number of hydrogen-bond acceptors (Lipinski definition) is 7. The van der Waals surface area contributed by atoms with Gasteiger partial charge in [0, 0.05) is 12.1 Å². The van der Waals surface area contributed by atoms with Gasteiger partial charge in [0.05, 0.1) is 24.5 Å². The molecular formula is C22H24N2O7S. The molecule has 3 rings (SSSR count). The van der Waals surface area contributed by atoms with Crippen molar-refractivity contribution in [3.8, 4) is 5.75 Å². The number of nitrogens with one attached hydrogen (secondary N) is 1. The number of sulfonamides is 1. The Hall–Kier alpha value is -3.40. The maximum Gasteiger partial charge on any atom is 0.420 e. The smallest absolute Gasteiger partial charge is 0.420 e. The molecule has 1 aliphatic rings. The van der Waals surface area contributed by atoms with Gasteiger partial charge < -0.3 is 9.47 Å². The van der Waals surface area contributed by atoms with Gasteiger partial charge >= 0.3 is 6.09 Å². The lowest BCUT2D eigenvalue weighted by Crippen LogP contribution is -2.52. The van der Waals surface area contributed by atoms with E-state index < -0.39 is 27.4 Å². The summed E-state index contributed by atoms with van der Waals surface area (Å²) in [6.07, 6.45) is -0.756. The lowest BCUT2D eigenvalue weighted by atomic mass is 9.77. The zero-order valence-electron chi connectivity index (χ0n) is 18.2. The van der Waals surface area contributed by atoms with Crippen LogP contribution in [0.25, 0.3) is 0 Å². The SMILES string of the molecule is COC(=O)NS(=O)(=O)c1ccc(CCN2C(=O)c3cc(OC)ccc3C(C)(C)C2=O)cc1. The minimum atomic E-state index is -4.05. The molecule has 10 heteroatoms. The van der Waals surface area contributed by atoms with Gasteiger partial charge in [-0.25, -0.2) is 17.9 Å². The minimum Gasteiger partial charge on any atom is -0.497 e. The quantitative estimate of drug-likeness (QED) is 0.657. The van der Waals surface area contributed by atoms with Crippen LogP contribution in [-0.2, 0) is 31.4 Å². The summed E-state index contributed by atoms with van der Waals surface area (Å²) in [6.45, 7) is 3.67. The summed E-state index contributed by atoms with van der Waals surface area (Å²) in [4.78, 5) is 38.4. The molecule has 0 unspecified atom stereocenters. The maximum atomic E-state index is 13.1. The van der Waals surface area contributed by atoms with E-state index in [1.54, 1.807) is 48.9 Å². The zero-order valence-corrected chi connectivity index (χ0v) is 19.0. The van der Waals surface area contributed by atoms with Crippen LogP contribution in [0.4, 0.5) is 4.79 Å². The fourth-order valence-electron chi connectivity index (χ4n) is 3.55. The van der Waals surface area contributed by atoms with Crippen molar-refractivity contribution in [3.05, 3.63) is 59.2 Å². The number of imide groups is 1. The topological polar surface area (TPSA) is 119 Å². The first-order chi connectivity index (χ1) is 15.0. The second-order valence-electron chi connectivity index (χ2n) is 7.79. The summed E-state index contributed by atoms with van der Waals surface area (Å²) < 4.78 is 35.5. The van der Waals surface area contributed by atoms with Crippen LogP contribution in [0.3, 0.4) is 0 Å². The molecule has 0 radical (unpaired) electrons. The lowest BCUT2D eigenvalue weighted by Gasteiger charge is -2.37. The molecule has 1 N–H and O–H groups in total. The number of carbonyl (C=O) groups excluding carboxylic acids is 3. The first kappa shape index (κ1) is 23.3. The Morgan fingerprint density at radius 3 is 2.31 bits per heavy atom. The number of ether oxygens (including phenoxy) is 2. The molecule has 2 aromatic carbocycles. The fourth-order valence-corrected chi connectivity index (χ4v) is 4.47. The Balaban J connectivity index is 1.78. The number of nitrogens with zero attached hydrogens (tertiary/aromatic N) is 1. The normalized spacial score (nSPS) is 15.2. The highest BCUT2D eigenvalue weighted by molar-refractivity contribution is 7.90. The van der Waals surface area contributed by atoms with Gasteiger partial charge in [0.1, 0.15) is 5.75 Å². The van der Waals surface area contributed by atoms with E-state index in [0.717, 1.165) is 12.7 Å². The minimum absolute atomic E-state index is 0.112. The van der Waals surface area contributed by atoms with E-state index in [1.807, 2.05) is 0 Å². The molecule has 0 saturated heterocycles. The second kappa shape index (κ2) is 8.62. The van der Waals surface area contributed by atoms with Crippen LogP contribution in [-0.4, -0.2) is 52.0 Å². The summed E-state index contributed by atoms with van der Waals surface area (Å²) in [5.41, 5.74) is 0.908. The lowest BCUT2D eigenvalue weighted by molar-refractivity contribution is -0.134. The van der Waals surface area contributed by atoms with Crippen molar-refractivity contribution in [1.82, 2.24) is 9.62 Å². The van der Waals surface area contributed by atoms with Crippen molar-refractivity contribution < 1.29 is 32.3 Å². The molecule has 0 saturated carbocycles. The Labute approximate surface area is 186 Å². The van der Waals surface area contributed by atoms with E-state index >= 15 is 0 Å². The molecule has 9 nitrogen and oxygen atoms in total. The van der Waals surface area contributed by atoms with Crippen LogP contribution >= 0.6 is 0 Å². The highest BCUT2D eigenvalue weighted by Gasteiger charge is 2.44. The van der Waals surface area contributed by atoms with Crippen LogP contribution < -0.4 is 9.46 Å². The predicted octanol–water partition coefficient (Wildman–Crippen LogP) is 2.24. The molecule has 0 bridgehead atoms. The number of rotatable bonds is 6. The molecule has 2 aromatic rings. The van der Waals surface area contributed by atoms with Crippen LogP contribution in [0.15, 0.2) is 47.4 Å². The van der Waals surface area contributed by atoms with Crippen molar-refractivity contribution in [2.24, 2.45) is 0 Å². The molecule has 3 amide bonds. The average Bonchev–Trinajstić information content (AvgIpc) is 2.77. The predicted molar refractivity (Wildman–Crippen MR) is 115 cm³/mol. The molecule has 0 fully saturated rings. The van der Waals surface area contributed by atoms with Gasteiger partial charge in [-0.2, -0.15) is 0 Å². The third-order valence-electron chi connectivity index (χ3n) is 5.42. The first-order valence-electron chi connectivity index (χ1n) is 9.76. The third-order valence-corrected chi connectivity index (χ3v) is 6.74. The molecule has 0 atom stereocenters. The summed E-state index contributed by atoms with van der Waals surface area (Å²) in [5, 5.41) is 0. The van der Waals surface area contributed by atoms with E-state index in [0.29, 0.717) is 23.3 Å². The molecule has 0 spiro atoms. The van der Waals surface area contributed by atoms with E-state index in [9.17, 15) is 22.8 Å². The molecule has 0 aliphatic carbocycles. The molecular weight excluding hydrogens is 436 g/mol. The molecule has 170 valence electrons. The number of methoxy groups -OCH3 is 2. The molecule has 0 aromatic heterocycles. The Morgan fingerprint density at radius 1 is 1.06 bits per heavy atom. The fraction of sp³-hybridized carbons (Fsp3) is 0.318. The number of amides is 3. The molecule has 32 heavy (non-hydrogen) atoms. The van der Waals surface area contributed by atoms with Crippen LogP contribution in [0.2, 0.25) is 0 Å². The monoisotopic (exact) mass is 460 g/mol. The van der Waals surface area contributed by atoms with Crippen LogP contribution in [0.5, 0.6) is 5.75 Å². The van der Waals surface area contributed by atoms with E-state index in [-0.39, 0.29) is 17.3 Å². The summed E-state index contributed by atoms with van der Waals surface area (Å²) in [7, 11) is -1.48. The van der Waals surface area contributed by atoms with Gasteiger partial charge in [0.15, 0.2) is 0 Å². The number of benzene rings is 2. The van der Waals surface area contributed by atoms with Gasteiger partial charge in [0.2, 0.25) is 5.91 Å². The van der Waals surface area contributed by atoms with Gasteiger partial charge in [-0.05, 0) is 55.7 Å². The Bertz CT molecular complexity index is 1170. The second-order valence-corrected chi connectivity index (χ2v) is 9.47.